The van der Waals surface area contributed by atoms with Gasteiger partial charge in [0, 0.05) is 0 Å². The third-order valence-electron chi connectivity index (χ3n) is 5.14. The van der Waals surface area contributed by atoms with Gasteiger partial charge in [0.15, 0.2) is 30.7 Å². The topological polar surface area (TPSA) is 159 Å². The zero-order chi connectivity index (χ0) is 26.8. The smallest absolute Gasteiger partial charge is 0.338 e. The van der Waals surface area contributed by atoms with Crippen molar-refractivity contribution >= 4 is 30.1 Å². The number of carbonyl (C=O) groups excluding carboxylic acids is 5. The highest BCUT2D eigenvalue weighted by molar-refractivity contribution is 5.92. The predicted octanol–water partition coefficient (Wildman–Crippen LogP) is 1.71. The molecule has 10 heteroatoms. The zero-order valence-electron chi connectivity index (χ0n) is 19.3. The molecule has 0 bridgehead atoms. The molecule has 0 aliphatic heterocycles. The van der Waals surface area contributed by atoms with Crippen molar-refractivity contribution in [1.82, 2.24) is 0 Å². The van der Waals surface area contributed by atoms with E-state index < -0.39 is 48.2 Å². The van der Waals surface area contributed by atoms with Gasteiger partial charge in [-0.05, 0) is 36.4 Å². The summed E-state index contributed by atoms with van der Waals surface area (Å²) >= 11 is 0. The summed E-state index contributed by atoms with van der Waals surface area (Å²) in [5.41, 5.74) is 5.38. The summed E-state index contributed by atoms with van der Waals surface area (Å²) < 4.78 is 16.0. The summed E-state index contributed by atoms with van der Waals surface area (Å²) in [6.07, 6.45) is -7.98. The fraction of sp³-hybridized carbons (Fsp3) is 0.148. The fourth-order valence-electron chi connectivity index (χ4n) is 3.26. The normalized spacial score (nSPS) is 13.8. The van der Waals surface area contributed by atoms with Crippen molar-refractivity contribution in [2.75, 3.05) is 0 Å². The molecule has 190 valence electrons. The molecule has 0 heterocycles. The Morgan fingerprint density at radius 2 is 0.973 bits per heavy atom. The lowest BCUT2D eigenvalue weighted by Gasteiger charge is -2.31. The SMILES string of the molecule is NC(=O)[C@H](O)[C@H](OC(=O)c1ccccc1)[C@@H](OC(=O)c1ccccc1)[C@@H](C=O)OC(=O)c1ccccc1. The molecule has 0 aliphatic carbocycles. The second-order valence-electron chi connectivity index (χ2n) is 7.69. The van der Waals surface area contributed by atoms with E-state index in [-0.39, 0.29) is 23.0 Å². The first-order valence-corrected chi connectivity index (χ1v) is 11.0. The molecule has 0 radical (unpaired) electrons. The molecule has 0 saturated heterocycles. The quantitative estimate of drug-likeness (QED) is 0.225. The van der Waals surface area contributed by atoms with Crippen LogP contribution in [0.5, 0.6) is 0 Å². The molecule has 3 aromatic carbocycles. The predicted molar refractivity (Wildman–Crippen MR) is 128 cm³/mol. The summed E-state index contributed by atoms with van der Waals surface area (Å²) in [6.45, 7) is 0. The van der Waals surface area contributed by atoms with Gasteiger partial charge in [-0.2, -0.15) is 0 Å². The maximum absolute atomic E-state index is 12.9. The van der Waals surface area contributed by atoms with Gasteiger partial charge < -0.3 is 25.1 Å². The largest absolute Gasteiger partial charge is 0.451 e. The van der Waals surface area contributed by atoms with Crippen LogP contribution in [0.4, 0.5) is 0 Å². The van der Waals surface area contributed by atoms with Gasteiger partial charge in [-0.1, -0.05) is 54.6 Å². The molecule has 0 fully saturated rings. The number of esters is 3. The second-order valence-corrected chi connectivity index (χ2v) is 7.69. The van der Waals surface area contributed by atoms with Crippen LogP contribution in [0.1, 0.15) is 31.1 Å². The Bertz CT molecular complexity index is 1230. The molecule has 3 N–H and O–H groups in total. The van der Waals surface area contributed by atoms with Gasteiger partial charge >= 0.3 is 17.9 Å². The summed E-state index contributed by atoms with van der Waals surface area (Å²) in [5.74, 6) is -4.35. The van der Waals surface area contributed by atoms with E-state index in [1.165, 1.54) is 36.4 Å². The Labute approximate surface area is 211 Å². The number of hydrogen-bond acceptors (Lipinski definition) is 9. The molecule has 0 unspecified atom stereocenters. The van der Waals surface area contributed by atoms with E-state index in [9.17, 15) is 29.1 Å². The first-order chi connectivity index (χ1) is 17.8. The lowest BCUT2D eigenvalue weighted by atomic mass is 10.0. The van der Waals surface area contributed by atoms with Crippen LogP contribution in [0.2, 0.25) is 0 Å². The molecule has 10 nitrogen and oxygen atoms in total. The summed E-state index contributed by atoms with van der Waals surface area (Å²) in [4.78, 5) is 62.3. The molecule has 4 atom stereocenters. The minimum Gasteiger partial charge on any atom is -0.451 e. The Balaban J connectivity index is 1.99. The van der Waals surface area contributed by atoms with Crippen LogP contribution in [0, 0.1) is 0 Å². The number of ether oxygens (including phenoxy) is 3. The number of hydrogen-bond donors (Lipinski definition) is 2. The lowest BCUT2D eigenvalue weighted by Crippen LogP contribution is -2.54. The lowest BCUT2D eigenvalue weighted by molar-refractivity contribution is -0.150. The van der Waals surface area contributed by atoms with Crippen molar-refractivity contribution in [2.45, 2.75) is 24.4 Å². The molecule has 3 aromatic rings. The van der Waals surface area contributed by atoms with E-state index in [1.807, 2.05) is 0 Å². The average molecular weight is 505 g/mol. The Morgan fingerprint density at radius 3 is 1.32 bits per heavy atom. The van der Waals surface area contributed by atoms with Crippen LogP contribution < -0.4 is 5.73 Å². The second kappa shape index (κ2) is 12.8. The summed E-state index contributed by atoms with van der Waals surface area (Å²) in [7, 11) is 0. The van der Waals surface area contributed by atoms with Gasteiger partial charge in [0.05, 0.1) is 16.7 Å². The maximum atomic E-state index is 12.9. The van der Waals surface area contributed by atoms with Gasteiger partial charge in [-0.3, -0.25) is 9.59 Å². The van der Waals surface area contributed by atoms with Gasteiger partial charge in [0.2, 0.25) is 5.91 Å². The van der Waals surface area contributed by atoms with Crippen LogP contribution in [0.3, 0.4) is 0 Å². The number of aliphatic hydroxyl groups is 1. The van der Waals surface area contributed by atoms with Crippen molar-refractivity contribution in [3.63, 3.8) is 0 Å². The number of rotatable bonds is 11. The van der Waals surface area contributed by atoms with Crippen molar-refractivity contribution in [2.24, 2.45) is 5.73 Å². The van der Waals surface area contributed by atoms with E-state index in [0.29, 0.717) is 0 Å². The van der Waals surface area contributed by atoms with Crippen LogP contribution in [0.15, 0.2) is 91.0 Å². The van der Waals surface area contributed by atoms with Gasteiger partial charge in [-0.15, -0.1) is 0 Å². The van der Waals surface area contributed by atoms with Crippen LogP contribution in [-0.2, 0) is 23.8 Å². The van der Waals surface area contributed by atoms with E-state index in [4.69, 9.17) is 19.9 Å². The zero-order valence-corrected chi connectivity index (χ0v) is 19.3. The number of aliphatic hydroxyl groups excluding tert-OH is 1. The van der Waals surface area contributed by atoms with Crippen molar-refractivity contribution < 1.29 is 43.3 Å². The standard InChI is InChI=1S/C27H23NO9/c28-24(31)21(30)23(37-27(34)19-14-8-3-9-15-19)22(36-26(33)18-12-6-2-7-13-18)20(16-29)35-25(32)17-10-4-1-5-11-17/h1-16,20-23,30H,(H2,28,31)/t20-,21-,22+,23+/m1/s1. The highest BCUT2D eigenvalue weighted by Gasteiger charge is 2.44. The average Bonchev–Trinajstić information content (AvgIpc) is 2.94. The van der Waals surface area contributed by atoms with Gasteiger partial charge in [0.25, 0.3) is 0 Å². The van der Waals surface area contributed by atoms with Crippen molar-refractivity contribution in [3.05, 3.63) is 108 Å². The minimum absolute atomic E-state index is 0.0289. The number of aldehydes is 1. The summed E-state index contributed by atoms with van der Waals surface area (Å²) in [6, 6.07) is 22.7. The number of benzene rings is 3. The molecule has 0 saturated carbocycles. The van der Waals surface area contributed by atoms with Crippen LogP contribution in [0.25, 0.3) is 0 Å². The van der Waals surface area contributed by atoms with Crippen LogP contribution >= 0.6 is 0 Å². The third kappa shape index (κ3) is 7.09. The van der Waals surface area contributed by atoms with Crippen molar-refractivity contribution in [1.29, 1.82) is 0 Å². The highest BCUT2D eigenvalue weighted by atomic mass is 16.6. The number of carbonyl (C=O) groups is 5. The molecule has 37 heavy (non-hydrogen) atoms. The van der Waals surface area contributed by atoms with E-state index in [1.54, 1.807) is 54.6 Å². The number of primary amides is 1. The molecule has 1 amide bonds. The molecule has 0 aliphatic rings. The Kier molecular flexibility index (Phi) is 9.23. The van der Waals surface area contributed by atoms with E-state index in [2.05, 4.69) is 0 Å². The first kappa shape index (κ1) is 26.8. The molecule has 0 aromatic heterocycles. The van der Waals surface area contributed by atoms with Crippen LogP contribution in [-0.4, -0.2) is 59.6 Å². The van der Waals surface area contributed by atoms with E-state index in [0.717, 1.165) is 0 Å². The minimum atomic E-state index is -2.24. The molecule has 3 rings (SSSR count). The number of nitrogens with two attached hydrogens (primary N) is 1. The molecule has 0 spiro atoms. The first-order valence-electron chi connectivity index (χ1n) is 11.0. The van der Waals surface area contributed by atoms with E-state index >= 15 is 0 Å². The fourth-order valence-corrected chi connectivity index (χ4v) is 3.26. The highest BCUT2D eigenvalue weighted by Crippen LogP contribution is 2.20. The molecular formula is C27H23NO9. The monoisotopic (exact) mass is 505 g/mol. The van der Waals surface area contributed by atoms with Gasteiger partial charge in [0.1, 0.15) is 0 Å². The maximum Gasteiger partial charge on any atom is 0.338 e. The summed E-state index contributed by atoms with van der Waals surface area (Å²) in [5, 5.41) is 10.5. The molecular weight excluding hydrogens is 482 g/mol. The third-order valence-corrected chi connectivity index (χ3v) is 5.14. The van der Waals surface area contributed by atoms with Crippen molar-refractivity contribution in [3.8, 4) is 0 Å². The van der Waals surface area contributed by atoms with Gasteiger partial charge in [-0.25, -0.2) is 14.4 Å². The Hall–Kier alpha value is -4.83. The number of amides is 1. The Morgan fingerprint density at radius 1 is 0.622 bits per heavy atom.